The van der Waals surface area contributed by atoms with Crippen molar-refractivity contribution in [3.05, 3.63) is 59.9 Å². The van der Waals surface area contributed by atoms with Crippen LogP contribution in [-0.4, -0.2) is 10.6 Å². The van der Waals surface area contributed by atoms with E-state index in [1.54, 1.807) is 0 Å². The molecule has 1 aliphatic rings. The van der Waals surface area contributed by atoms with Crippen LogP contribution in [0.4, 0.5) is 0 Å². The number of nitrogens with one attached hydrogen (secondary N) is 1. The van der Waals surface area contributed by atoms with Crippen molar-refractivity contribution < 1.29 is 4.74 Å². The number of aromatic nitrogens is 1. The molecule has 0 amide bonds. The van der Waals surface area contributed by atoms with Crippen LogP contribution >= 0.6 is 0 Å². The van der Waals surface area contributed by atoms with Gasteiger partial charge in [-0.2, -0.15) is 0 Å². The molecular weight excluding hydrogens is 248 g/mol. The Kier molecular flexibility index (Phi) is 3.22. The quantitative estimate of drug-likeness (QED) is 0.922. The smallest absolute Gasteiger partial charge is 0.125 e. The molecule has 0 saturated heterocycles. The molecule has 1 aromatic heterocycles. The average Bonchev–Trinajstić information content (AvgIpc) is 2.70. The Balaban J connectivity index is 1.86. The number of fused-ring (bicyclic) bond motifs is 1. The lowest BCUT2D eigenvalue weighted by Gasteiger charge is -2.29. The number of nitrogens with zero attached hydrogens (tertiary/aromatic N) is 1. The molecule has 0 bridgehead atoms. The predicted octanol–water partition coefficient (Wildman–Crippen LogP) is 3.64. The highest BCUT2D eigenvalue weighted by atomic mass is 16.5. The monoisotopic (exact) mass is 268 g/mol. The van der Waals surface area contributed by atoms with E-state index < -0.39 is 0 Å². The number of para-hydroxylation sites is 1. The number of ether oxygens (including phenoxy) is 1. The predicted molar refractivity (Wildman–Crippen MR) is 79.7 cm³/mol. The van der Waals surface area contributed by atoms with E-state index in [1.165, 1.54) is 5.56 Å². The maximum Gasteiger partial charge on any atom is 0.125 e. The molecule has 0 saturated carbocycles. The molecule has 1 N–H and O–H groups in total. The fourth-order valence-electron chi connectivity index (χ4n) is 2.79. The molecule has 1 aliphatic heterocycles. The molecule has 1 aromatic carbocycles. The van der Waals surface area contributed by atoms with E-state index in [9.17, 15) is 0 Å². The zero-order valence-corrected chi connectivity index (χ0v) is 12.1. The molecular formula is C17H20N2O. The van der Waals surface area contributed by atoms with Crippen LogP contribution in [0, 0.1) is 0 Å². The van der Waals surface area contributed by atoms with Gasteiger partial charge in [0, 0.05) is 17.8 Å². The van der Waals surface area contributed by atoms with Crippen molar-refractivity contribution in [3.8, 4) is 5.75 Å². The van der Waals surface area contributed by atoms with Gasteiger partial charge in [-0.3, -0.25) is 10.3 Å². The van der Waals surface area contributed by atoms with Gasteiger partial charge >= 0.3 is 0 Å². The van der Waals surface area contributed by atoms with Crippen molar-refractivity contribution in [1.82, 2.24) is 10.3 Å². The van der Waals surface area contributed by atoms with Crippen molar-refractivity contribution in [1.29, 1.82) is 0 Å². The lowest BCUT2D eigenvalue weighted by atomic mass is 9.93. The van der Waals surface area contributed by atoms with Gasteiger partial charge in [0.25, 0.3) is 0 Å². The lowest BCUT2D eigenvalue weighted by Crippen LogP contribution is -2.40. The normalized spacial score (nSPS) is 21.1. The van der Waals surface area contributed by atoms with Gasteiger partial charge in [-0.15, -0.1) is 0 Å². The molecule has 20 heavy (non-hydrogen) atoms. The molecule has 2 heterocycles. The van der Waals surface area contributed by atoms with E-state index in [2.05, 4.69) is 43.2 Å². The first kappa shape index (κ1) is 13.1. The van der Waals surface area contributed by atoms with Crippen molar-refractivity contribution in [2.75, 3.05) is 0 Å². The Hall–Kier alpha value is -1.87. The third-order valence-corrected chi connectivity index (χ3v) is 3.85. The third kappa shape index (κ3) is 2.29. The molecule has 0 aliphatic carbocycles. The summed E-state index contributed by atoms with van der Waals surface area (Å²) in [5.74, 6) is 0.975. The highest BCUT2D eigenvalue weighted by Gasteiger charge is 2.41. The molecule has 104 valence electrons. The van der Waals surface area contributed by atoms with Crippen molar-refractivity contribution >= 4 is 0 Å². The fraction of sp³-hybridized carbons (Fsp3) is 0.353. The van der Waals surface area contributed by atoms with Gasteiger partial charge in [-0.25, -0.2) is 0 Å². The van der Waals surface area contributed by atoms with Gasteiger partial charge in [0.05, 0.1) is 11.7 Å². The number of rotatable bonds is 3. The molecule has 2 aromatic rings. The Morgan fingerprint density at radius 2 is 1.90 bits per heavy atom. The van der Waals surface area contributed by atoms with Crippen LogP contribution in [-0.2, 0) is 0 Å². The maximum atomic E-state index is 6.06. The van der Waals surface area contributed by atoms with E-state index >= 15 is 0 Å². The topological polar surface area (TPSA) is 34.1 Å². The largest absolute Gasteiger partial charge is 0.486 e. The summed E-state index contributed by atoms with van der Waals surface area (Å²) in [5.41, 5.74) is 2.01. The van der Waals surface area contributed by atoms with E-state index in [4.69, 9.17) is 4.74 Å². The van der Waals surface area contributed by atoms with Crippen molar-refractivity contribution in [2.45, 2.75) is 38.5 Å². The third-order valence-electron chi connectivity index (χ3n) is 3.85. The Morgan fingerprint density at radius 1 is 1.15 bits per heavy atom. The minimum absolute atomic E-state index is 0.163. The van der Waals surface area contributed by atoms with Crippen LogP contribution < -0.4 is 10.1 Å². The van der Waals surface area contributed by atoms with Crippen molar-refractivity contribution in [2.24, 2.45) is 0 Å². The number of pyridine rings is 1. The van der Waals surface area contributed by atoms with Crippen LogP contribution in [0.2, 0.25) is 0 Å². The summed E-state index contributed by atoms with van der Waals surface area (Å²) in [6.07, 6.45) is 1.83. The molecule has 3 rings (SSSR count). The standard InChI is InChI=1S/C17H20N2O/c1-12(14-9-6-7-11-18-14)19-16-13-8-4-5-10-15(13)20-17(16,2)3/h4-12,16,19H,1-3H3. The summed E-state index contributed by atoms with van der Waals surface area (Å²) in [4.78, 5) is 4.42. The summed E-state index contributed by atoms with van der Waals surface area (Å²) in [5, 5.41) is 3.65. The van der Waals surface area contributed by atoms with Gasteiger partial charge in [0.1, 0.15) is 11.4 Å². The molecule has 2 unspecified atom stereocenters. The summed E-state index contributed by atoms with van der Waals surface area (Å²) in [6.45, 7) is 6.38. The second kappa shape index (κ2) is 4.91. The second-order valence-electron chi connectivity index (χ2n) is 5.82. The van der Waals surface area contributed by atoms with Crippen molar-refractivity contribution in [3.63, 3.8) is 0 Å². The summed E-state index contributed by atoms with van der Waals surface area (Å²) < 4.78 is 6.06. The SMILES string of the molecule is CC(NC1c2ccccc2OC1(C)C)c1ccccn1. The molecule has 0 spiro atoms. The van der Waals surface area contributed by atoms with Crippen LogP contribution in [0.15, 0.2) is 48.7 Å². The summed E-state index contributed by atoms with van der Waals surface area (Å²) in [6, 6.07) is 14.6. The lowest BCUT2D eigenvalue weighted by molar-refractivity contribution is 0.0917. The van der Waals surface area contributed by atoms with Crippen LogP contribution in [0.1, 0.15) is 44.1 Å². The summed E-state index contributed by atoms with van der Waals surface area (Å²) >= 11 is 0. The van der Waals surface area contributed by atoms with E-state index in [0.717, 1.165) is 11.4 Å². The first-order valence-electron chi connectivity index (χ1n) is 7.03. The summed E-state index contributed by atoms with van der Waals surface area (Å²) in [7, 11) is 0. The average molecular weight is 268 g/mol. The Morgan fingerprint density at radius 3 is 2.65 bits per heavy atom. The maximum absolute atomic E-state index is 6.06. The van der Waals surface area contributed by atoms with Crippen LogP contribution in [0.5, 0.6) is 5.75 Å². The zero-order valence-electron chi connectivity index (χ0n) is 12.1. The molecule has 2 atom stereocenters. The molecule has 0 radical (unpaired) electrons. The molecule has 3 heteroatoms. The minimum atomic E-state index is -0.257. The zero-order chi connectivity index (χ0) is 14.2. The molecule has 3 nitrogen and oxygen atoms in total. The number of hydrogen-bond acceptors (Lipinski definition) is 3. The van der Waals surface area contributed by atoms with Gasteiger partial charge in [-0.1, -0.05) is 24.3 Å². The van der Waals surface area contributed by atoms with Gasteiger partial charge < -0.3 is 4.74 Å². The highest BCUT2D eigenvalue weighted by Crippen LogP contribution is 2.43. The number of benzene rings is 1. The second-order valence-corrected chi connectivity index (χ2v) is 5.82. The van der Waals surface area contributed by atoms with Gasteiger partial charge in [-0.05, 0) is 39.0 Å². The first-order valence-corrected chi connectivity index (χ1v) is 7.03. The van der Waals surface area contributed by atoms with Gasteiger partial charge in [0.2, 0.25) is 0 Å². The minimum Gasteiger partial charge on any atom is -0.486 e. The van der Waals surface area contributed by atoms with Crippen LogP contribution in [0.3, 0.4) is 0 Å². The Labute approximate surface area is 120 Å². The highest BCUT2D eigenvalue weighted by molar-refractivity contribution is 5.42. The Bertz CT molecular complexity index is 595. The van der Waals surface area contributed by atoms with E-state index in [-0.39, 0.29) is 17.7 Å². The fourth-order valence-corrected chi connectivity index (χ4v) is 2.79. The van der Waals surface area contributed by atoms with E-state index in [1.807, 2.05) is 36.5 Å². The molecule has 0 fully saturated rings. The first-order chi connectivity index (χ1) is 9.58. The van der Waals surface area contributed by atoms with Crippen LogP contribution in [0.25, 0.3) is 0 Å². The van der Waals surface area contributed by atoms with E-state index in [0.29, 0.717) is 0 Å². The van der Waals surface area contributed by atoms with Gasteiger partial charge in [0.15, 0.2) is 0 Å². The number of hydrogen-bond donors (Lipinski definition) is 1.